The van der Waals surface area contributed by atoms with E-state index in [9.17, 15) is 0 Å². The van der Waals surface area contributed by atoms with E-state index in [1.807, 2.05) is 6.92 Å². The number of hydrogen-bond donors (Lipinski definition) is 1. The summed E-state index contributed by atoms with van der Waals surface area (Å²) in [7, 11) is 0. The van der Waals surface area contributed by atoms with Crippen LogP contribution >= 0.6 is 0 Å². The zero-order valence-electron chi connectivity index (χ0n) is 16.2. The molecule has 0 atom stereocenters. The first-order valence-electron chi connectivity index (χ1n) is 9.63. The average molecular weight is 358 g/mol. The fourth-order valence-electron chi connectivity index (χ4n) is 3.54. The van der Waals surface area contributed by atoms with Gasteiger partial charge in [-0.2, -0.15) is 4.98 Å². The number of rotatable bonds is 4. The van der Waals surface area contributed by atoms with E-state index in [4.69, 9.17) is 4.98 Å². The molecule has 2 aromatic carbocycles. The number of aromatic nitrogens is 2. The van der Waals surface area contributed by atoms with E-state index in [1.54, 1.807) is 0 Å². The highest BCUT2D eigenvalue weighted by Crippen LogP contribution is 2.25. The minimum atomic E-state index is 0.530. The molecule has 0 saturated heterocycles. The third-order valence-electron chi connectivity index (χ3n) is 5.13. The van der Waals surface area contributed by atoms with Crippen LogP contribution in [-0.2, 0) is 13.0 Å². The SMILES string of the molecule is Cc1cc(N2CCc3ccccc3C2)nc(Nc2ccc(C(C)C)cc2)n1. The molecule has 2 heterocycles. The summed E-state index contributed by atoms with van der Waals surface area (Å²) in [6, 6.07) is 19.3. The van der Waals surface area contributed by atoms with Crippen LogP contribution in [0, 0.1) is 6.92 Å². The van der Waals surface area contributed by atoms with Crippen LogP contribution in [0.15, 0.2) is 54.6 Å². The van der Waals surface area contributed by atoms with Crippen molar-refractivity contribution >= 4 is 17.5 Å². The Labute approximate surface area is 161 Å². The van der Waals surface area contributed by atoms with Crippen molar-refractivity contribution in [1.82, 2.24) is 9.97 Å². The molecule has 4 rings (SSSR count). The number of benzene rings is 2. The summed E-state index contributed by atoms with van der Waals surface area (Å²) >= 11 is 0. The van der Waals surface area contributed by atoms with Gasteiger partial charge in [-0.3, -0.25) is 0 Å². The summed E-state index contributed by atoms with van der Waals surface area (Å²) in [5, 5.41) is 3.36. The third kappa shape index (κ3) is 3.95. The Balaban J connectivity index is 1.55. The molecular formula is C23H26N4. The van der Waals surface area contributed by atoms with Crippen molar-refractivity contribution in [2.45, 2.75) is 39.7 Å². The fourth-order valence-corrected chi connectivity index (χ4v) is 3.54. The Bertz CT molecular complexity index is 931. The molecule has 4 nitrogen and oxygen atoms in total. The van der Waals surface area contributed by atoms with Crippen LogP contribution < -0.4 is 10.2 Å². The van der Waals surface area contributed by atoms with E-state index in [1.165, 1.54) is 16.7 Å². The fraction of sp³-hybridized carbons (Fsp3) is 0.304. The normalized spacial score (nSPS) is 13.6. The number of fused-ring (bicyclic) bond motifs is 1. The van der Waals surface area contributed by atoms with Gasteiger partial charge in [0.15, 0.2) is 0 Å². The molecule has 0 aliphatic carbocycles. The molecular weight excluding hydrogens is 332 g/mol. The monoisotopic (exact) mass is 358 g/mol. The summed E-state index contributed by atoms with van der Waals surface area (Å²) in [6.07, 6.45) is 1.05. The van der Waals surface area contributed by atoms with Gasteiger partial charge in [-0.25, -0.2) is 4.98 Å². The highest BCUT2D eigenvalue weighted by Gasteiger charge is 2.18. The molecule has 0 fully saturated rings. The molecule has 1 aliphatic heterocycles. The Morgan fingerprint density at radius 3 is 2.44 bits per heavy atom. The maximum Gasteiger partial charge on any atom is 0.229 e. The van der Waals surface area contributed by atoms with Gasteiger partial charge in [0, 0.05) is 30.5 Å². The Hall–Kier alpha value is -2.88. The van der Waals surface area contributed by atoms with Gasteiger partial charge in [0.05, 0.1) is 0 Å². The molecule has 0 saturated carbocycles. The van der Waals surface area contributed by atoms with E-state index in [0.717, 1.165) is 36.7 Å². The maximum absolute atomic E-state index is 4.79. The first-order valence-corrected chi connectivity index (χ1v) is 9.63. The minimum Gasteiger partial charge on any atom is -0.352 e. The van der Waals surface area contributed by atoms with Crippen molar-refractivity contribution in [3.05, 3.63) is 77.0 Å². The molecule has 0 unspecified atom stereocenters. The zero-order valence-corrected chi connectivity index (χ0v) is 16.2. The molecule has 0 amide bonds. The summed E-state index contributed by atoms with van der Waals surface area (Å²) in [5.41, 5.74) is 6.15. The first-order chi connectivity index (χ1) is 13.1. The zero-order chi connectivity index (χ0) is 18.8. The second kappa shape index (κ2) is 7.39. The lowest BCUT2D eigenvalue weighted by molar-refractivity contribution is 0.719. The smallest absolute Gasteiger partial charge is 0.229 e. The second-order valence-corrected chi connectivity index (χ2v) is 7.53. The van der Waals surface area contributed by atoms with Crippen LogP contribution in [0.3, 0.4) is 0 Å². The van der Waals surface area contributed by atoms with Crippen LogP contribution in [0.1, 0.15) is 42.1 Å². The standard InChI is InChI=1S/C23H26N4/c1-16(2)18-8-10-21(11-9-18)25-23-24-17(3)14-22(26-23)27-13-12-19-6-4-5-7-20(19)15-27/h4-11,14,16H,12-13,15H2,1-3H3,(H,24,25,26). The van der Waals surface area contributed by atoms with Crippen molar-refractivity contribution in [2.75, 3.05) is 16.8 Å². The van der Waals surface area contributed by atoms with Crippen LogP contribution in [0.4, 0.5) is 17.5 Å². The van der Waals surface area contributed by atoms with Crippen LogP contribution in [0.2, 0.25) is 0 Å². The molecule has 0 radical (unpaired) electrons. The number of anilines is 3. The Morgan fingerprint density at radius 1 is 0.963 bits per heavy atom. The second-order valence-electron chi connectivity index (χ2n) is 7.53. The summed E-state index contributed by atoms with van der Waals surface area (Å²) in [4.78, 5) is 11.7. The van der Waals surface area contributed by atoms with Crippen molar-refractivity contribution in [2.24, 2.45) is 0 Å². The predicted octanol–water partition coefficient (Wildman–Crippen LogP) is 5.21. The van der Waals surface area contributed by atoms with Crippen molar-refractivity contribution in [3.8, 4) is 0 Å². The lowest BCUT2D eigenvalue weighted by atomic mass is 10.00. The lowest BCUT2D eigenvalue weighted by Crippen LogP contribution is -2.31. The molecule has 0 bridgehead atoms. The number of hydrogen-bond acceptors (Lipinski definition) is 4. The van der Waals surface area contributed by atoms with Crippen molar-refractivity contribution in [1.29, 1.82) is 0 Å². The third-order valence-corrected chi connectivity index (χ3v) is 5.13. The number of nitrogens with zero attached hydrogens (tertiary/aromatic N) is 3. The predicted molar refractivity (Wildman–Crippen MR) is 112 cm³/mol. The topological polar surface area (TPSA) is 41.1 Å². The van der Waals surface area contributed by atoms with Crippen LogP contribution in [-0.4, -0.2) is 16.5 Å². The number of aryl methyl sites for hydroxylation is 1. The van der Waals surface area contributed by atoms with Gasteiger partial charge < -0.3 is 10.2 Å². The molecule has 27 heavy (non-hydrogen) atoms. The highest BCUT2D eigenvalue weighted by molar-refractivity contribution is 5.56. The first kappa shape index (κ1) is 17.5. The molecule has 1 N–H and O–H groups in total. The molecule has 138 valence electrons. The van der Waals surface area contributed by atoms with Gasteiger partial charge in [0.1, 0.15) is 5.82 Å². The molecule has 4 heteroatoms. The minimum absolute atomic E-state index is 0.530. The lowest BCUT2D eigenvalue weighted by Gasteiger charge is -2.30. The maximum atomic E-state index is 4.79. The summed E-state index contributed by atoms with van der Waals surface area (Å²) in [5.74, 6) is 2.17. The van der Waals surface area contributed by atoms with Crippen molar-refractivity contribution < 1.29 is 0 Å². The highest BCUT2D eigenvalue weighted by atomic mass is 15.2. The average Bonchev–Trinajstić information content (AvgIpc) is 2.67. The van der Waals surface area contributed by atoms with Crippen molar-refractivity contribution in [3.63, 3.8) is 0 Å². The van der Waals surface area contributed by atoms with E-state index in [0.29, 0.717) is 11.9 Å². The quantitative estimate of drug-likeness (QED) is 0.695. The van der Waals surface area contributed by atoms with Gasteiger partial charge >= 0.3 is 0 Å². The molecule has 1 aliphatic rings. The van der Waals surface area contributed by atoms with Gasteiger partial charge in [-0.05, 0) is 48.1 Å². The van der Waals surface area contributed by atoms with E-state index < -0.39 is 0 Å². The van der Waals surface area contributed by atoms with E-state index in [-0.39, 0.29) is 0 Å². The van der Waals surface area contributed by atoms with Gasteiger partial charge in [0.2, 0.25) is 5.95 Å². The van der Waals surface area contributed by atoms with Crippen LogP contribution in [0.5, 0.6) is 0 Å². The van der Waals surface area contributed by atoms with E-state index >= 15 is 0 Å². The van der Waals surface area contributed by atoms with Gasteiger partial charge in [-0.1, -0.05) is 50.2 Å². The van der Waals surface area contributed by atoms with Crippen LogP contribution in [0.25, 0.3) is 0 Å². The summed E-state index contributed by atoms with van der Waals surface area (Å²) in [6.45, 7) is 8.31. The number of nitrogens with one attached hydrogen (secondary N) is 1. The Morgan fingerprint density at radius 2 is 1.70 bits per heavy atom. The molecule has 0 spiro atoms. The van der Waals surface area contributed by atoms with Gasteiger partial charge in [0.25, 0.3) is 0 Å². The van der Waals surface area contributed by atoms with E-state index in [2.05, 4.69) is 83.6 Å². The largest absolute Gasteiger partial charge is 0.352 e. The molecule has 3 aromatic rings. The molecule has 1 aromatic heterocycles. The Kier molecular flexibility index (Phi) is 4.80. The van der Waals surface area contributed by atoms with Gasteiger partial charge in [-0.15, -0.1) is 0 Å². The summed E-state index contributed by atoms with van der Waals surface area (Å²) < 4.78 is 0.